The van der Waals surface area contributed by atoms with Gasteiger partial charge in [0.2, 0.25) is 0 Å². The second-order valence-electron chi connectivity index (χ2n) is 4.47. The van der Waals surface area contributed by atoms with Crippen molar-refractivity contribution in [3.8, 4) is 0 Å². The summed E-state index contributed by atoms with van der Waals surface area (Å²) < 4.78 is 0. The van der Waals surface area contributed by atoms with Crippen LogP contribution in [0.1, 0.15) is 16.5 Å². The van der Waals surface area contributed by atoms with Crippen LogP contribution < -0.4 is 5.73 Å². The van der Waals surface area contributed by atoms with E-state index in [1.165, 1.54) is 10.4 Å². The first kappa shape index (κ1) is 12.5. The Balaban J connectivity index is 1.83. The van der Waals surface area contributed by atoms with E-state index in [1.54, 1.807) is 11.3 Å². The number of hydrogen-bond acceptors (Lipinski definition) is 4. The van der Waals surface area contributed by atoms with Crippen LogP contribution in [0.15, 0.2) is 46.8 Å². The molecular formula is C14H14ClN3S. The van der Waals surface area contributed by atoms with Gasteiger partial charge in [0.1, 0.15) is 0 Å². The first-order valence-corrected chi connectivity index (χ1v) is 7.34. The monoisotopic (exact) mass is 291 g/mol. The Morgan fingerprint density at radius 3 is 2.79 bits per heavy atom. The summed E-state index contributed by atoms with van der Waals surface area (Å²) in [6.07, 6.45) is 0. The van der Waals surface area contributed by atoms with Crippen molar-refractivity contribution in [3.63, 3.8) is 0 Å². The van der Waals surface area contributed by atoms with E-state index in [0.717, 1.165) is 11.6 Å². The van der Waals surface area contributed by atoms with Gasteiger partial charge in [-0.3, -0.25) is 4.99 Å². The van der Waals surface area contributed by atoms with Crippen LogP contribution in [0.5, 0.6) is 0 Å². The highest BCUT2D eigenvalue weighted by atomic mass is 35.5. The maximum absolute atomic E-state index is 6.01. The van der Waals surface area contributed by atoms with Crippen molar-refractivity contribution in [2.45, 2.75) is 12.6 Å². The number of halogens is 1. The normalized spacial score (nSPS) is 18.7. The number of nitrogens with zero attached hydrogens (tertiary/aromatic N) is 2. The molecule has 2 N–H and O–H groups in total. The van der Waals surface area contributed by atoms with Crippen molar-refractivity contribution in [1.29, 1.82) is 0 Å². The van der Waals surface area contributed by atoms with Crippen molar-refractivity contribution in [3.05, 3.63) is 57.2 Å². The van der Waals surface area contributed by atoms with E-state index in [9.17, 15) is 0 Å². The lowest BCUT2D eigenvalue weighted by Gasteiger charge is -2.26. The number of guanidine groups is 1. The standard InChI is InChI=1S/C14H14ClN3S/c15-11-5-3-10(4-6-11)13-8-17-14(16)18(13)9-12-2-1-7-19-12/h1-7,13H,8-9H2,(H2,16,17). The maximum Gasteiger partial charge on any atom is 0.192 e. The first-order chi connectivity index (χ1) is 9.24. The summed E-state index contributed by atoms with van der Waals surface area (Å²) in [7, 11) is 0. The molecule has 1 aromatic carbocycles. The lowest BCUT2D eigenvalue weighted by atomic mass is 10.1. The van der Waals surface area contributed by atoms with Gasteiger partial charge in [-0.15, -0.1) is 11.3 Å². The molecule has 0 saturated carbocycles. The van der Waals surface area contributed by atoms with Crippen LogP contribution in [0.2, 0.25) is 5.02 Å². The second-order valence-corrected chi connectivity index (χ2v) is 5.94. The van der Waals surface area contributed by atoms with E-state index in [1.807, 2.05) is 24.3 Å². The Bertz CT molecular complexity index is 577. The van der Waals surface area contributed by atoms with Gasteiger partial charge >= 0.3 is 0 Å². The molecule has 1 aliphatic rings. The predicted molar refractivity (Wildman–Crippen MR) is 80.5 cm³/mol. The minimum atomic E-state index is 0.208. The molecule has 3 rings (SSSR count). The van der Waals surface area contributed by atoms with Crippen LogP contribution in [0.3, 0.4) is 0 Å². The van der Waals surface area contributed by atoms with Gasteiger partial charge in [-0.2, -0.15) is 0 Å². The van der Waals surface area contributed by atoms with Crippen LogP contribution >= 0.6 is 22.9 Å². The van der Waals surface area contributed by atoms with E-state index in [4.69, 9.17) is 17.3 Å². The zero-order chi connectivity index (χ0) is 13.2. The summed E-state index contributed by atoms with van der Waals surface area (Å²) in [5.74, 6) is 0.619. The average molecular weight is 292 g/mol. The molecule has 2 heterocycles. The molecule has 3 nitrogen and oxygen atoms in total. The molecule has 0 amide bonds. The van der Waals surface area contributed by atoms with Crippen LogP contribution in [-0.2, 0) is 6.54 Å². The van der Waals surface area contributed by atoms with E-state index in [0.29, 0.717) is 12.5 Å². The topological polar surface area (TPSA) is 41.6 Å². The number of thiophene rings is 1. The fourth-order valence-corrected chi connectivity index (χ4v) is 3.09. The van der Waals surface area contributed by atoms with E-state index in [-0.39, 0.29) is 6.04 Å². The summed E-state index contributed by atoms with van der Waals surface area (Å²) in [5.41, 5.74) is 7.21. The fourth-order valence-electron chi connectivity index (χ4n) is 2.26. The predicted octanol–water partition coefficient (Wildman–Crippen LogP) is 3.27. The van der Waals surface area contributed by atoms with Crippen molar-refractivity contribution >= 4 is 28.9 Å². The third-order valence-electron chi connectivity index (χ3n) is 3.26. The molecule has 0 aliphatic carbocycles. The number of nitrogens with two attached hydrogens (primary N) is 1. The van der Waals surface area contributed by atoms with Gasteiger partial charge in [0.25, 0.3) is 0 Å². The third kappa shape index (κ3) is 2.60. The molecule has 1 unspecified atom stereocenters. The summed E-state index contributed by atoms with van der Waals surface area (Å²) in [6, 6.07) is 12.3. The molecule has 1 aliphatic heterocycles. The highest BCUT2D eigenvalue weighted by molar-refractivity contribution is 7.09. The quantitative estimate of drug-likeness (QED) is 0.943. The van der Waals surface area contributed by atoms with Crippen molar-refractivity contribution in [2.75, 3.05) is 6.54 Å². The highest BCUT2D eigenvalue weighted by Crippen LogP contribution is 2.28. The molecular weight excluding hydrogens is 278 g/mol. The molecule has 0 fully saturated rings. The van der Waals surface area contributed by atoms with Gasteiger partial charge in [-0.1, -0.05) is 29.8 Å². The molecule has 0 radical (unpaired) electrons. The lowest BCUT2D eigenvalue weighted by Crippen LogP contribution is -2.35. The molecule has 0 saturated heterocycles. The Kier molecular flexibility index (Phi) is 3.44. The molecule has 0 bridgehead atoms. The zero-order valence-electron chi connectivity index (χ0n) is 10.3. The van der Waals surface area contributed by atoms with Gasteiger partial charge < -0.3 is 10.6 Å². The third-order valence-corrected chi connectivity index (χ3v) is 4.37. The Morgan fingerprint density at radius 2 is 2.11 bits per heavy atom. The van der Waals surface area contributed by atoms with Crippen LogP contribution in [0.4, 0.5) is 0 Å². The number of aliphatic imine (C=N–C) groups is 1. The SMILES string of the molecule is NC1=NCC(c2ccc(Cl)cc2)N1Cc1cccs1. The number of benzene rings is 1. The molecule has 5 heteroatoms. The van der Waals surface area contributed by atoms with Crippen LogP contribution in [0, 0.1) is 0 Å². The van der Waals surface area contributed by atoms with Gasteiger partial charge in [0.05, 0.1) is 19.1 Å². The minimum Gasteiger partial charge on any atom is -0.370 e. The van der Waals surface area contributed by atoms with E-state index in [2.05, 4.69) is 27.4 Å². The molecule has 1 atom stereocenters. The van der Waals surface area contributed by atoms with Crippen LogP contribution in [0.25, 0.3) is 0 Å². The average Bonchev–Trinajstić information content (AvgIpc) is 3.03. The molecule has 1 aromatic heterocycles. The summed E-state index contributed by atoms with van der Waals surface area (Å²) >= 11 is 7.67. The van der Waals surface area contributed by atoms with Crippen molar-refractivity contribution in [1.82, 2.24) is 4.90 Å². The van der Waals surface area contributed by atoms with Gasteiger partial charge in [0.15, 0.2) is 5.96 Å². The lowest BCUT2D eigenvalue weighted by molar-refractivity contribution is 0.343. The first-order valence-electron chi connectivity index (χ1n) is 6.08. The summed E-state index contributed by atoms with van der Waals surface area (Å²) in [6.45, 7) is 1.51. The van der Waals surface area contributed by atoms with E-state index >= 15 is 0 Å². The van der Waals surface area contributed by atoms with Crippen molar-refractivity contribution < 1.29 is 0 Å². The maximum atomic E-state index is 6.01. The molecule has 2 aromatic rings. The Hall–Kier alpha value is -1.52. The van der Waals surface area contributed by atoms with Crippen LogP contribution in [-0.4, -0.2) is 17.4 Å². The van der Waals surface area contributed by atoms with Gasteiger partial charge in [-0.05, 0) is 29.1 Å². The minimum absolute atomic E-state index is 0.208. The number of hydrogen-bond donors (Lipinski definition) is 1. The number of rotatable bonds is 3. The summed E-state index contributed by atoms with van der Waals surface area (Å²) in [4.78, 5) is 7.81. The highest BCUT2D eigenvalue weighted by Gasteiger charge is 2.27. The zero-order valence-corrected chi connectivity index (χ0v) is 11.9. The van der Waals surface area contributed by atoms with Gasteiger partial charge in [0, 0.05) is 9.90 Å². The van der Waals surface area contributed by atoms with Gasteiger partial charge in [-0.25, -0.2) is 0 Å². The smallest absolute Gasteiger partial charge is 0.192 e. The van der Waals surface area contributed by atoms with E-state index < -0.39 is 0 Å². The Labute approximate surface area is 121 Å². The molecule has 0 spiro atoms. The molecule has 19 heavy (non-hydrogen) atoms. The molecule has 98 valence electrons. The Morgan fingerprint density at radius 1 is 1.32 bits per heavy atom. The fraction of sp³-hybridized carbons (Fsp3) is 0.214. The largest absolute Gasteiger partial charge is 0.370 e. The van der Waals surface area contributed by atoms with Crippen molar-refractivity contribution in [2.24, 2.45) is 10.7 Å². The summed E-state index contributed by atoms with van der Waals surface area (Å²) in [5, 5.41) is 2.83. The second kappa shape index (κ2) is 5.23.